The van der Waals surface area contributed by atoms with E-state index in [-0.39, 0.29) is 17.3 Å². The van der Waals surface area contributed by atoms with E-state index in [1.165, 1.54) is 12.8 Å². The molecule has 0 aromatic heterocycles. The molecule has 0 radical (unpaired) electrons. The van der Waals surface area contributed by atoms with E-state index in [2.05, 4.69) is 10.6 Å². The summed E-state index contributed by atoms with van der Waals surface area (Å²) in [4.78, 5) is 12.1. The molecule has 1 spiro atoms. The van der Waals surface area contributed by atoms with Crippen LogP contribution in [0.15, 0.2) is 0 Å². The SMILES string of the molecule is CCOC(=O)C1CNCC12CC1CCC(C2)N1. The molecule has 3 heterocycles. The number of ether oxygens (including phenoxy) is 1. The molecule has 96 valence electrons. The quantitative estimate of drug-likeness (QED) is 0.694. The van der Waals surface area contributed by atoms with Gasteiger partial charge in [-0.05, 0) is 32.6 Å². The van der Waals surface area contributed by atoms with Crippen LogP contribution in [-0.4, -0.2) is 37.7 Å². The van der Waals surface area contributed by atoms with Gasteiger partial charge in [0.05, 0.1) is 12.5 Å². The van der Waals surface area contributed by atoms with E-state index < -0.39 is 0 Å². The number of fused-ring (bicyclic) bond motifs is 2. The zero-order chi connectivity index (χ0) is 11.9. The molecule has 0 aromatic carbocycles. The van der Waals surface area contributed by atoms with E-state index >= 15 is 0 Å². The first-order valence-corrected chi connectivity index (χ1v) is 6.87. The number of nitrogens with one attached hydrogen (secondary N) is 2. The van der Waals surface area contributed by atoms with Crippen molar-refractivity contribution in [3.63, 3.8) is 0 Å². The van der Waals surface area contributed by atoms with Crippen LogP contribution in [0.5, 0.6) is 0 Å². The van der Waals surface area contributed by atoms with E-state index in [9.17, 15) is 4.79 Å². The molecule has 0 saturated carbocycles. The lowest BCUT2D eigenvalue weighted by Crippen LogP contribution is -2.49. The summed E-state index contributed by atoms with van der Waals surface area (Å²) in [5.41, 5.74) is 0.170. The fourth-order valence-corrected chi connectivity index (χ4v) is 4.10. The molecule has 0 amide bonds. The van der Waals surface area contributed by atoms with E-state index in [0.717, 1.165) is 25.9 Å². The molecule has 2 bridgehead atoms. The van der Waals surface area contributed by atoms with Crippen LogP contribution in [0.1, 0.15) is 32.6 Å². The number of esters is 1. The Morgan fingerprint density at radius 3 is 2.71 bits per heavy atom. The maximum Gasteiger partial charge on any atom is 0.310 e. The number of carbonyl (C=O) groups excluding carboxylic acids is 1. The Balaban J connectivity index is 1.78. The highest BCUT2D eigenvalue weighted by Gasteiger charge is 2.53. The molecular weight excluding hydrogens is 216 g/mol. The lowest BCUT2D eigenvalue weighted by atomic mass is 9.69. The largest absolute Gasteiger partial charge is 0.466 e. The minimum atomic E-state index is 0.0128. The van der Waals surface area contributed by atoms with Gasteiger partial charge in [0.25, 0.3) is 0 Å². The summed E-state index contributed by atoms with van der Waals surface area (Å²) < 4.78 is 5.24. The summed E-state index contributed by atoms with van der Waals surface area (Å²) in [6.45, 7) is 4.18. The van der Waals surface area contributed by atoms with Crippen LogP contribution < -0.4 is 10.6 Å². The molecular formula is C13H22N2O2. The minimum absolute atomic E-state index is 0.0128. The van der Waals surface area contributed by atoms with Gasteiger partial charge in [-0.15, -0.1) is 0 Å². The van der Waals surface area contributed by atoms with Crippen molar-refractivity contribution in [1.29, 1.82) is 0 Å². The van der Waals surface area contributed by atoms with Crippen LogP contribution in [0.4, 0.5) is 0 Å². The molecule has 2 N–H and O–H groups in total. The van der Waals surface area contributed by atoms with Gasteiger partial charge in [0.1, 0.15) is 0 Å². The second kappa shape index (κ2) is 4.25. The van der Waals surface area contributed by atoms with Crippen LogP contribution in [0.25, 0.3) is 0 Å². The monoisotopic (exact) mass is 238 g/mol. The molecule has 0 aromatic rings. The zero-order valence-corrected chi connectivity index (χ0v) is 10.5. The predicted molar refractivity (Wildman–Crippen MR) is 64.6 cm³/mol. The number of rotatable bonds is 2. The summed E-state index contributed by atoms with van der Waals surface area (Å²) in [5.74, 6) is 0.0893. The third-order valence-electron chi connectivity index (χ3n) is 4.78. The van der Waals surface area contributed by atoms with Crippen LogP contribution in [0.2, 0.25) is 0 Å². The lowest BCUT2D eigenvalue weighted by Gasteiger charge is -2.41. The van der Waals surface area contributed by atoms with Gasteiger partial charge in [-0.3, -0.25) is 4.79 Å². The summed E-state index contributed by atoms with van der Waals surface area (Å²) >= 11 is 0. The number of piperidine rings is 1. The molecule has 3 unspecified atom stereocenters. The second-order valence-electron chi connectivity index (χ2n) is 5.84. The molecule has 3 fully saturated rings. The topological polar surface area (TPSA) is 50.4 Å². The van der Waals surface area contributed by atoms with Crippen LogP contribution in [0.3, 0.4) is 0 Å². The molecule has 3 rings (SSSR count). The first-order chi connectivity index (χ1) is 8.23. The first-order valence-electron chi connectivity index (χ1n) is 6.87. The van der Waals surface area contributed by atoms with Gasteiger partial charge in [-0.2, -0.15) is 0 Å². The minimum Gasteiger partial charge on any atom is -0.466 e. The van der Waals surface area contributed by atoms with Crippen molar-refractivity contribution in [1.82, 2.24) is 10.6 Å². The fraction of sp³-hybridized carbons (Fsp3) is 0.923. The Morgan fingerprint density at radius 2 is 2.06 bits per heavy atom. The van der Waals surface area contributed by atoms with Gasteiger partial charge in [-0.25, -0.2) is 0 Å². The number of hydrogen-bond donors (Lipinski definition) is 2. The van der Waals surface area contributed by atoms with Crippen molar-refractivity contribution in [3.05, 3.63) is 0 Å². The van der Waals surface area contributed by atoms with Gasteiger partial charge in [0, 0.05) is 30.6 Å². The molecule has 17 heavy (non-hydrogen) atoms. The van der Waals surface area contributed by atoms with Gasteiger partial charge in [0.2, 0.25) is 0 Å². The third-order valence-corrected chi connectivity index (χ3v) is 4.78. The fourth-order valence-electron chi connectivity index (χ4n) is 4.10. The summed E-state index contributed by atoms with van der Waals surface area (Å²) in [6.07, 6.45) is 4.84. The van der Waals surface area contributed by atoms with Crippen LogP contribution in [-0.2, 0) is 9.53 Å². The Kier molecular flexibility index (Phi) is 2.87. The number of hydrogen-bond acceptors (Lipinski definition) is 4. The summed E-state index contributed by atoms with van der Waals surface area (Å²) in [5, 5.41) is 7.07. The zero-order valence-electron chi connectivity index (χ0n) is 10.5. The standard InChI is InChI=1S/C13H22N2O2/c1-2-17-12(16)11-7-14-8-13(11)5-9-3-4-10(6-13)15-9/h9-11,14-15H,2-8H2,1H3. The summed E-state index contributed by atoms with van der Waals surface area (Å²) in [7, 11) is 0. The molecule has 3 aliphatic heterocycles. The Morgan fingerprint density at radius 1 is 1.35 bits per heavy atom. The maximum absolute atomic E-state index is 12.1. The van der Waals surface area contributed by atoms with Crippen molar-refractivity contribution in [3.8, 4) is 0 Å². The van der Waals surface area contributed by atoms with Gasteiger partial charge in [-0.1, -0.05) is 0 Å². The Hall–Kier alpha value is -0.610. The van der Waals surface area contributed by atoms with Crippen molar-refractivity contribution in [2.24, 2.45) is 11.3 Å². The van der Waals surface area contributed by atoms with Crippen molar-refractivity contribution >= 4 is 5.97 Å². The number of carbonyl (C=O) groups is 1. The lowest BCUT2D eigenvalue weighted by molar-refractivity contribution is -0.152. The average Bonchev–Trinajstić information content (AvgIpc) is 2.84. The van der Waals surface area contributed by atoms with E-state index in [0.29, 0.717) is 18.7 Å². The normalized spacial score (nSPS) is 44.2. The molecule has 3 saturated heterocycles. The van der Waals surface area contributed by atoms with Gasteiger partial charge in [0.15, 0.2) is 0 Å². The molecule has 3 aliphatic rings. The van der Waals surface area contributed by atoms with Crippen molar-refractivity contribution < 1.29 is 9.53 Å². The maximum atomic E-state index is 12.1. The Labute approximate surface area is 102 Å². The van der Waals surface area contributed by atoms with E-state index in [4.69, 9.17) is 4.74 Å². The average molecular weight is 238 g/mol. The van der Waals surface area contributed by atoms with E-state index in [1.807, 2.05) is 6.92 Å². The van der Waals surface area contributed by atoms with Crippen LogP contribution >= 0.6 is 0 Å². The van der Waals surface area contributed by atoms with Gasteiger partial charge >= 0.3 is 5.97 Å². The van der Waals surface area contributed by atoms with Crippen LogP contribution in [0, 0.1) is 11.3 Å². The highest BCUT2D eigenvalue weighted by atomic mass is 16.5. The smallest absolute Gasteiger partial charge is 0.310 e. The molecule has 3 atom stereocenters. The van der Waals surface area contributed by atoms with Crippen molar-refractivity contribution in [2.45, 2.75) is 44.7 Å². The molecule has 4 heteroatoms. The molecule has 4 nitrogen and oxygen atoms in total. The predicted octanol–water partition coefficient (Wildman–Crippen LogP) is 0.670. The second-order valence-corrected chi connectivity index (χ2v) is 5.84. The summed E-state index contributed by atoms with van der Waals surface area (Å²) in [6, 6.07) is 1.26. The third kappa shape index (κ3) is 1.87. The first kappa shape index (κ1) is 11.5. The molecule has 0 aliphatic carbocycles. The Bertz CT molecular complexity index is 307. The highest BCUT2D eigenvalue weighted by molar-refractivity contribution is 5.74. The van der Waals surface area contributed by atoms with E-state index in [1.54, 1.807) is 0 Å². The van der Waals surface area contributed by atoms with Crippen molar-refractivity contribution in [2.75, 3.05) is 19.7 Å². The highest BCUT2D eigenvalue weighted by Crippen LogP contribution is 2.47. The van der Waals surface area contributed by atoms with Gasteiger partial charge < -0.3 is 15.4 Å².